The number of hydrogen-bond acceptors (Lipinski definition) is 4. The van der Waals surface area contributed by atoms with E-state index in [9.17, 15) is 4.79 Å². The molecule has 1 aliphatic heterocycles. The summed E-state index contributed by atoms with van der Waals surface area (Å²) in [4.78, 5) is 14.8. The maximum absolute atomic E-state index is 12.9. The number of halogens is 1. The number of furan rings is 1. The van der Waals surface area contributed by atoms with Gasteiger partial charge in [0, 0.05) is 35.5 Å². The normalized spacial score (nSPS) is 25.6. The number of carbonyl (C=O) groups excluding carboxylic acids is 1. The Balaban J connectivity index is 1.40. The van der Waals surface area contributed by atoms with E-state index in [0.29, 0.717) is 17.4 Å². The Kier molecular flexibility index (Phi) is 4.80. The second-order valence-corrected chi connectivity index (χ2v) is 8.85. The molecule has 5 nitrogen and oxygen atoms in total. The van der Waals surface area contributed by atoms with Gasteiger partial charge in [-0.2, -0.15) is 0 Å². The van der Waals surface area contributed by atoms with Crippen molar-refractivity contribution in [1.82, 2.24) is 4.90 Å². The lowest BCUT2D eigenvalue weighted by Crippen LogP contribution is -2.66. The van der Waals surface area contributed by atoms with E-state index >= 15 is 0 Å². The lowest BCUT2D eigenvalue weighted by atomic mass is 9.57. The Hall–Kier alpha value is -1.79. The van der Waals surface area contributed by atoms with E-state index in [4.69, 9.17) is 13.9 Å². The largest absolute Gasteiger partial charge is 0.486 e. The number of ether oxygens (including phenoxy) is 2. The standard InChI is InChI=1S/C21H24BrNO4/c1-21(2)18(16-10-11-25-19(16)21)23(3)20(24)17-9-8-15(27-17)12-26-14-6-4-13(22)5-7-14/h4-9,16,18-19H,10-12H2,1-3H3/t16-,18-,19-/m1/s1. The van der Waals surface area contributed by atoms with Crippen LogP contribution in [-0.2, 0) is 11.3 Å². The van der Waals surface area contributed by atoms with Crippen LogP contribution in [0.25, 0.3) is 0 Å². The Morgan fingerprint density at radius 2 is 2.00 bits per heavy atom. The van der Waals surface area contributed by atoms with Gasteiger partial charge in [0.2, 0.25) is 0 Å². The topological polar surface area (TPSA) is 51.9 Å². The molecule has 2 heterocycles. The van der Waals surface area contributed by atoms with E-state index in [1.807, 2.05) is 36.2 Å². The van der Waals surface area contributed by atoms with Gasteiger partial charge in [-0.15, -0.1) is 0 Å². The molecule has 144 valence electrons. The zero-order valence-corrected chi connectivity index (χ0v) is 17.4. The maximum Gasteiger partial charge on any atom is 0.289 e. The number of fused-ring (bicyclic) bond motifs is 1. The van der Waals surface area contributed by atoms with Crippen molar-refractivity contribution in [2.75, 3.05) is 13.7 Å². The molecular formula is C21H24BrNO4. The van der Waals surface area contributed by atoms with Crippen LogP contribution in [0.3, 0.4) is 0 Å². The lowest BCUT2D eigenvalue weighted by Gasteiger charge is -2.57. The van der Waals surface area contributed by atoms with E-state index in [2.05, 4.69) is 29.8 Å². The van der Waals surface area contributed by atoms with Crippen molar-refractivity contribution in [3.63, 3.8) is 0 Å². The van der Waals surface area contributed by atoms with Gasteiger partial charge in [0.25, 0.3) is 5.91 Å². The van der Waals surface area contributed by atoms with E-state index in [-0.39, 0.29) is 30.1 Å². The zero-order chi connectivity index (χ0) is 19.2. The second kappa shape index (κ2) is 6.99. The number of hydrogen-bond donors (Lipinski definition) is 0. The zero-order valence-electron chi connectivity index (χ0n) is 15.8. The van der Waals surface area contributed by atoms with E-state index in [1.54, 1.807) is 12.1 Å². The van der Waals surface area contributed by atoms with Gasteiger partial charge in [-0.3, -0.25) is 4.79 Å². The average molecular weight is 434 g/mol. The molecule has 1 saturated carbocycles. The Morgan fingerprint density at radius 3 is 2.74 bits per heavy atom. The first kappa shape index (κ1) is 18.6. The van der Waals surface area contributed by atoms with E-state index in [1.165, 1.54) is 0 Å². The highest BCUT2D eigenvalue weighted by Crippen LogP contribution is 2.54. The van der Waals surface area contributed by atoms with Gasteiger partial charge in [-0.1, -0.05) is 29.8 Å². The monoisotopic (exact) mass is 433 g/mol. The molecule has 2 aliphatic rings. The molecule has 1 saturated heterocycles. The van der Waals surface area contributed by atoms with Crippen LogP contribution < -0.4 is 4.74 Å². The summed E-state index contributed by atoms with van der Waals surface area (Å²) >= 11 is 3.40. The van der Waals surface area contributed by atoms with Gasteiger partial charge < -0.3 is 18.8 Å². The molecule has 1 amide bonds. The molecule has 4 rings (SSSR count). The smallest absolute Gasteiger partial charge is 0.289 e. The van der Waals surface area contributed by atoms with Crippen LogP contribution in [0, 0.1) is 11.3 Å². The van der Waals surface area contributed by atoms with Gasteiger partial charge in [0.15, 0.2) is 5.76 Å². The first-order chi connectivity index (χ1) is 12.9. The third kappa shape index (κ3) is 3.29. The summed E-state index contributed by atoms with van der Waals surface area (Å²) in [5.41, 5.74) is -0.0360. The Morgan fingerprint density at radius 1 is 1.26 bits per heavy atom. The van der Waals surface area contributed by atoms with Crippen LogP contribution in [0.15, 0.2) is 45.3 Å². The molecule has 0 bridgehead atoms. The minimum atomic E-state index is -0.0895. The molecule has 3 atom stereocenters. The van der Waals surface area contributed by atoms with Crippen LogP contribution in [0.4, 0.5) is 0 Å². The van der Waals surface area contributed by atoms with Crippen LogP contribution in [-0.4, -0.2) is 36.6 Å². The molecule has 0 radical (unpaired) electrons. The Labute approximate surface area is 167 Å². The van der Waals surface area contributed by atoms with Gasteiger partial charge in [-0.05, 0) is 42.8 Å². The first-order valence-electron chi connectivity index (χ1n) is 9.24. The van der Waals surface area contributed by atoms with Gasteiger partial charge in [-0.25, -0.2) is 0 Å². The predicted molar refractivity (Wildman–Crippen MR) is 105 cm³/mol. The number of rotatable bonds is 5. The summed E-state index contributed by atoms with van der Waals surface area (Å²) < 4.78 is 18.3. The summed E-state index contributed by atoms with van der Waals surface area (Å²) in [5, 5.41) is 0. The van der Waals surface area contributed by atoms with Crippen molar-refractivity contribution in [3.8, 4) is 5.75 Å². The summed E-state index contributed by atoms with van der Waals surface area (Å²) in [6.07, 6.45) is 1.27. The fourth-order valence-corrected chi connectivity index (χ4v) is 4.90. The third-order valence-corrected chi connectivity index (χ3v) is 6.37. The number of benzene rings is 1. The van der Waals surface area contributed by atoms with Crippen molar-refractivity contribution in [3.05, 3.63) is 52.4 Å². The third-order valence-electron chi connectivity index (χ3n) is 5.84. The van der Waals surface area contributed by atoms with Crippen molar-refractivity contribution in [2.24, 2.45) is 11.3 Å². The molecule has 1 aromatic carbocycles. The number of nitrogens with zero attached hydrogens (tertiary/aromatic N) is 1. The van der Waals surface area contributed by atoms with Gasteiger partial charge in [0.05, 0.1) is 6.10 Å². The number of amides is 1. The fraction of sp³-hybridized carbons (Fsp3) is 0.476. The molecule has 1 aliphatic carbocycles. The average Bonchev–Trinajstić information content (AvgIpc) is 3.28. The second-order valence-electron chi connectivity index (χ2n) is 7.93. The van der Waals surface area contributed by atoms with Crippen LogP contribution in [0.5, 0.6) is 5.75 Å². The predicted octanol–water partition coefficient (Wildman–Crippen LogP) is 4.51. The van der Waals surface area contributed by atoms with Crippen LogP contribution in [0.1, 0.15) is 36.6 Å². The minimum Gasteiger partial charge on any atom is -0.486 e. The molecule has 0 N–H and O–H groups in total. The summed E-state index contributed by atoms with van der Waals surface area (Å²) in [5.74, 6) is 2.07. The van der Waals surface area contributed by atoms with Crippen molar-refractivity contribution in [1.29, 1.82) is 0 Å². The highest BCUT2D eigenvalue weighted by Gasteiger charge is 2.61. The van der Waals surface area contributed by atoms with Crippen LogP contribution in [0.2, 0.25) is 0 Å². The maximum atomic E-state index is 12.9. The molecule has 6 heteroatoms. The molecule has 2 aromatic rings. The molecular weight excluding hydrogens is 410 g/mol. The SMILES string of the molecule is CN(C(=O)c1ccc(COc2ccc(Br)cc2)o1)[C@@H]1[C@H]2CCO[C@H]2C1(C)C. The van der Waals surface area contributed by atoms with Gasteiger partial charge >= 0.3 is 0 Å². The highest BCUT2D eigenvalue weighted by atomic mass is 79.9. The first-order valence-corrected chi connectivity index (χ1v) is 10.0. The quantitative estimate of drug-likeness (QED) is 0.695. The van der Waals surface area contributed by atoms with Crippen molar-refractivity contribution >= 4 is 21.8 Å². The summed E-state index contributed by atoms with van der Waals surface area (Å²) in [7, 11) is 1.86. The molecule has 0 spiro atoms. The fourth-order valence-electron chi connectivity index (χ4n) is 4.64. The van der Waals surface area contributed by atoms with Gasteiger partial charge in [0.1, 0.15) is 18.1 Å². The van der Waals surface area contributed by atoms with Crippen molar-refractivity contribution in [2.45, 2.75) is 39.0 Å². The van der Waals surface area contributed by atoms with Crippen LogP contribution >= 0.6 is 15.9 Å². The summed E-state index contributed by atoms with van der Waals surface area (Å²) in [6, 6.07) is 11.3. The summed E-state index contributed by atoms with van der Waals surface area (Å²) in [6.45, 7) is 5.42. The molecule has 27 heavy (non-hydrogen) atoms. The number of carbonyl (C=O) groups is 1. The molecule has 2 fully saturated rings. The van der Waals surface area contributed by atoms with E-state index < -0.39 is 0 Å². The lowest BCUT2D eigenvalue weighted by molar-refractivity contribution is -0.140. The highest BCUT2D eigenvalue weighted by molar-refractivity contribution is 9.10. The van der Waals surface area contributed by atoms with Crippen molar-refractivity contribution < 1.29 is 18.7 Å². The van der Waals surface area contributed by atoms with E-state index in [0.717, 1.165) is 23.2 Å². The molecule has 0 unspecified atom stereocenters. The molecule has 1 aromatic heterocycles. The Bertz CT molecular complexity index is 829. The minimum absolute atomic E-state index is 0.0360.